The highest BCUT2D eigenvalue weighted by Gasteiger charge is 2.40. The molecular weight excluding hydrogens is 384 g/mol. The highest BCUT2D eigenvalue weighted by molar-refractivity contribution is 5.32. The van der Waals surface area contributed by atoms with E-state index in [1.165, 1.54) is 24.0 Å². The van der Waals surface area contributed by atoms with E-state index in [4.69, 9.17) is 4.74 Å². The largest absolute Gasteiger partial charge is 0.489 e. The Morgan fingerprint density at radius 3 is 2.39 bits per heavy atom. The molecule has 2 aliphatic rings. The molecule has 168 valence electrons. The zero-order valence-corrected chi connectivity index (χ0v) is 19.2. The molecule has 2 aromatic rings. The smallest absolute Gasteiger partial charge is 0.119 e. The van der Waals surface area contributed by atoms with E-state index in [1.807, 2.05) is 18.2 Å². The van der Waals surface area contributed by atoms with Crippen LogP contribution in [0.5, 0.6) is 5.75 Å². The summed E-state index contributed by atoms with van der Waals surface area (Å²) < 4.78 is 5.99. The van der Waals surface area contributed by atoms with Crippen LogP contribution in [0.4, 0.5) is 0 Å². The molecule has 0 bridgehead atoms. The van der Waals surface area contributed by atoms with Gasteiger partial charge >= 0.3 is 0 Å². The second kappa shape index (κ2) is 10.2. The van der Waals surface area contributed by atoms with Crippen LogP contribution in [-0.4, -0.2) is 60.3 Å². The first-order valence-corrected chi connectivity index (χ1v) is 11.9. The molecule has 4 rings (SSSR count). The summed E-state index contributed by atoms with van der Waals surface area (Å²) >= 11 is 0. The van der Waals surface area contributed by atoms with E-state index in [9.17, 15) is 5.11 Å². The van der Waals surface area contributed by atoms with Gasteiger partial charge in [0, 0.05) is 25.0 Å². The van der Waals surface area contributed by atoms with Gasteiger partial charge in [-0.15, -0.1) is 0 Å². The molecule has 2 unspecified atom stereocenters. The number of benzene rings is 2. The molecule has 31 heavy (non-hydrogen) atoms. The molecule has 4 heteroatoms. The van der Waals surface area contributed by atoms with Gasteiger partial charge in [0.05, 0.1) is 5.60 Å². The Labute approximate surface area is 187 Å². The maximum Gasteiger partial charge on any atom is 0.119 e. The summed E-state index contributed by atoms with van der Waals surface area (Å²) in [5, 5.41) is 11.7. The molecule has 4 nitrogen and oxygen atoms in total. The van der Waals surface area contributed by atoms with Gasteiger partial charge in [-0.2, -0.15) is 0 Å². The monoisotopic (exact) mass is 422 g/mol. The summed E-state index contributed by atoms with van der Waals surface area (Å²) in [5.74, 6) is 1.03. The number of hydrogen-bond acceptors (Lipinski definition) is 4. The van der Waals surface area contributed by atoms with Crippen molar-refractivity contribution in [1.29, 1.82) is 0 Å². The Morgan fingerprint density at radius 2 is 1.74 bits per heavy atom. The van der Waals surface area contributed by atoms with E-state index in [0.717, 1.165) is 51.1 Å². The average molecular weight is 423 g/mol. The van der Waals surface area contributed by atoms with E-state index in [2.05, 4.69) is 60.3 Å². The van der Waals surface area contributed by atoms with Crippen LogP contribution in [0.1, 0.15) is 55.6 Å². The van der Waals surface area contributed by atoms with Crippen molar-refractivity contribution in [2.24, 2.45) is 0 Å². The first kappa shape index (κ1) is 22.3. The molecule has 1 aliphatic carbocycles. The second-order valence-corrected chi connectivity index (χ2v) is 9.73. The van der Waals surface area contributed by atoms with Crippen LogP contribution in [0, 0.1) is 0 Å². The number of hydrogen-bond donors (Lipinski definition) is 1. The minimum Gasteiger partial charge on any atom is -0.489 e. The summed E-state index contributed by atoms with van der Waals surface area (Å²) in [6.45, 7) is 3.73. The van der Waals surface area contributed by atoms with Crippen molar-refractivity contribution >= 4 is 0 Å². The van der Waals surface area contributed by atoms with E-state index >= 15 is 0 Å². The highest BCUT2D eigenvalue weighted by Crippen LogP contribution is 2.41. The van der Waals surface area contributed by atoms with Gasteiger partial charge in [0.2, 0.25) is 0 Å². The van der Waals surface area contributed by atoms with E-state index in [-0.39, 0.29) is 5.92 Å². The maximum atomic E-state index is 11.7. The van der Waals surface area contributed by atoms with Crippen molar-refractivity contribution in [3.8, 4) is 5.75 Å². The Morgan fingerprint density at radius 1 is 1.03 bits per heavy atom. The van der Waals surface area contributed by atoms with Crippen LogP contribution in [0.15, 0.2) is 54.6 Å². The lowest BCUT2D eigenvalue weighted by Gasteiger charge is -2.41. The molecule has 0 spiro atoms. The summed E-state index contributed by atoms with van der Waals surface area (Å²) in [4.78, 5) is 4.89. The number of ether oxygens (including phenoxy) is 1. The fourth-order valence-corrected chi connectivity index (χ4v) is 5.29. The minimum absolute atomic E-state index is 0.150. The SMILES string of the molecule is CN(C)C1CCN(CC(c2ccc(OCc3ccccc3)cc2)C2(O)CCCCC2)C1. The van der Waals surface area contributed by atoms with E-state index in [1.54, 1.807) is 0 Å². The lowest BCUT2D eigenvalue weighted by molar-refractivity contribution is -0.0297. The van der Waals surface area contributed by atoms with Gasteiger partial charge in [-0.05, 0) is 63.2 Å². The topological polar surface area (TPSA) is 35.9 Å². The molecular formula is C27H38N2O2. The number of nitrogens with zero attached hydrogens (tertiary/aromatic N) is 2. The molecule has 2 fully saturated rings. The molecule has 0 amide bonds. The van der Waals surface area contributed by atoms with Gasteiger partial charge in [-0.1, -0.05) is 61.7 Å². The molecule has 0 aromatic heterocycles. The van der Waals surface area contributed by atoms with Crippen molar-refractivity contribution in [1.82, 2.24) is 9.80 Å². The fourth-order valence-electron chi connectivity index (χ4n) is 5.29. The summed E-state index contributed by atoms with van der Waals surface area (Å²) in [6.07, 6.45) is 6.54. The van der Waals surface area contributed by atoms with Crippen LogP contribution in [0.25, 0.3) is 0 Å². The van der Waals surface area contributed by atoms with Gasteiger partial charge in [0.25, 0.3) is 0 Å². The third kappa shape index (κ3) is 5.68. The standard InChI is InChI=1S/C27H38N2O2/c1-28(2)24-15-18-29(19-24)20-26(27(30)16-7-4-8-17-27)23-11-13-25(14-12-23)31-21-22-9-5-3-6-10-22/h3,5-6,9-14,24,26,30H,4,7-8,15-21H2,1-2H3. The van der Waals surface area contributed by atoms with Gasteiger partial charge in [-0.3, -0.25) is 0 Å². The molecule has 1 saturated heterocycles. The zero-order valence-electron chi connectivity index (χ0n) is 19.2. The summed E-state index contributed by atoms with van der Waals surface area (Å²) in [5.41, 5.74) is 1.82. The van der Waals surface area contributed by atoms with E-state index < -0.39 is 5.60 Å². The van der Waals surface area contributed by atoms with Crippen molar-refractivity contribution in [3.05, 3.63) is 65.7 Å². The number of aliphatic hydroxyl groups is 1. The van der Waals surface area contributed by atoms with Gasteiger partial charge < -0.3 is 19.6 Å². The molecule has 2 aromatic carbocycles. The first-order valence-electron chi connectivity index (χ1n) is 11.9. The van der Waals surface area contributed by atoms with Crippen molar-refractivity contribution in [2.75, 3.05) is 33.7 Å². The van der Waals surface area contributed by atoms with Crippen molar-refractivity contribution in [2.45, 2.75) is 62.7 Å². The lowest BCUT2D eigenvalue weighted by Crippen LogP contribution is -2.44. The lowest BCUT2D eigenvalue weighted by atomic mass is 9.72. The van der Waals surface area contributed by atoms with Gasteiger partial charge in [-0.25, -0.2) is 0 Å². The van der Waals surface area contributed by atoms with E-state index in [0.29, 0.717) is 12.6 Å². The van der Waals surface area contributed by atoms with Crippen LogP contribution in [0.2, 0.25) is 0 Å². The fraction of sp³-hybridized carbons (Fsp3) is 0.556. The van der Waals surface area contributed by atoms with Crippen molar-refractivity contribution < 1.29 is 9.84 Å². The third-order valence-electron chi connectivity index (χ3n) is 7.32. The molecule has 1 N–H and O–H groups in total. The quantitative estimate of drug-likeness (QED) is 0.670. The molecule has 1 heterocycles. The predicted octanol–water partition coefficient (Wildman–Crippen LogP) is 4.68. The summed E-state index contributed by atoms with van der Waals surface area (Å²) in [6, 6.07) is 19.4. The molecule has 1 aliphatic heterocycles. The van der Waals surface area contributed by atoms with Crippen LogP contribution in [0.3, 0.4) is 0 Å². The highest BCUT2D eigenvalue weighted by atomic mass is 16.5. The van der Waals surface area contributed by atoms with Crippen LogP contribution < -0.4 is 4.74 Å². The number of likely N-dealkylation sites (tertiary alicyclic amines) is 1. The Kier molecular flexibility index (Phi) is 7.31. The molecule has 2 atom stereocenters. The normalized spacial score (nSPS) is 22.5. The second-order valence-electron chi connectivity index (χ2n) is 9.73. The minimum atomic E-state index is -0.596. The van der Waals surface area contributed by atoms with Crippen LogP contribution >= 0.6 is 0 Å². The van der Waals surface area contributed by atoms with Crippen LogP contribution in [-0.2, 0) is 6.61 Å². The number of likely N-dealkylation sites (N-methyl/N-ethyl adjacent to an activating group) is 1. The first-order chi connectivity index (χ1) is 15.0. The average Bonchev–Trinajstić information content (AvgIpc) is 3.27. The Bertz CT molecular complexity index is 800. The zero-order chi connectivity index (χ0) is 21.7. The van der Waals surface area contributed by atoms with Gasteiger partial charge in [0.1, 0.15) is 12.4 Å². The predicted molar refractivity (Wildman–Crippen MR) is 127 cm³/mol. The molecule has 1 saturated carbocycles. The van der Waals surface area contributed by atoms with Crippen molar-refractivity contribution in [3.63, 3.8) is 0 Å². The Balaban J connectivity index is 1.46. The third-order valence-corrected chi connectivity index (χ3v) is 7.32. The number of rotatable bonds is 8. The van der Waals surface area contributed by atoms with Gasteiger partial charge in [0.15, 0.2) is 0 Å². The Hall–Kier alpha value is -1.88. The maximum absolute atomic E-state index is 11.7. The summed E-state index contributed by atoms with van der Waals surface area (Å²) in [7, 11) is 4.35. The molecule has 0 radical (unpaired) electrons.